The number of nitrogens with one attached hydrogen (secondary N) is 1. The second-order valence-corrected chi connectivity index (χ2v) is 9.52. The molecule has 0 radical (unpaired) electrons. The Morgan fingerprint density at radius 2 is 1.63 bits per heavy atom. The van der Waals surface area contributed by atoms with Crippen LogP contribution in [0.25, 0.3) is 0 Å². The van der Waals surface area contributed by atoms with Crippen LogP contribution in [0.1, 0.15) is 48.4 Å². The zero-order valence-corrected chi connectivity index (χ0v) is 18.8. The van der Waals surface area contributed by atoms with E-state index >= 15 is 0 Å². The number of hydrogen-bond donors (Lipinski definition) is 1. The van der Waals surface area contributed by atoms with Gasteiger partial charge in [-0.25, -0.2) is 17.9 Å². The van der Waals surface area contributed by atoms with Crippen molar-refractivity contribution >= 4 is 33.4 Å². The predicted molar refractivity (Wildman–Crippen MR) is 114 cm³/mol. The molecule has 0 saturated carbocycles. The highest BCUT2D eigenvalue weighted by atomic mass is 35.5. The van der Waals surface area contributed by atoms with Crippen LogP contribution in [0.4, 0.5) is 0 Å². The van der Waals surface area contributed by atoms with Gasteiger partial charge < -0.3 is 9.47 Å². The van der Waals surface area contributed by atoms with Crippen LogP contribution in [0.15, 0.2) is 47.4 Å². The monoisotopic (exact) mass is 453 g/mol. The Morgan fingerprint density at radius 3 is 2.20 bits per heavy atom. The Kier molecular flexibility index (Phi) is 7.63. The Bertz CT molecular complexity index is 1030. The molecule has 2 aromatic rings. The lowest BCUT2D eigenvalue weighted by Gasteiger charge is -2.21. The van der Waals surface area contributed by atoms with Gasteiger partial charge in [0.25, 0.3) is 0 Å². The maximum atomic E-state index is 12.6. The van der Waals surface area contributed by atoms with E-state index in [2.05, 4.69) is 4.72 Å². The quantitative estimate of drug-likeness (QED) is 0.481. The van der Waals surface area contributed by atoms with Gasteiger partial charge >= 0.3 is 5.97 Å². The first-order valence-electron chi connectivity index (χ1n) is 9.19. The van der Waals surface area contributed by atoms with Gasteiger partial charge in [-0.2, -0.15) is 0 Å². The van der Waals surface area contributed by atoms with Gasteiger partial charge in [-0.1, -0.05) is 11.6 Å². The maximum absolute atomic E-state index is 12.6. The summed E-state index contributed by atoms with van der Waals surface area (Å²) >= 11 is 6.02. The van der Waals surface area contributed by atoms with Crippen molar-refractivity contribution in [1.29, 1.82) is 0 Å². The molecular formula is C21H24ClNO6S. The van der Waals surface area contributed by atoms with Gasteiger partial charge in [-0.3, -0.25) is 4.79 Å². The van der Waals surface area contributed by atoms with Crippen LogP contribution in [0.5, 0.6) is 5.75 Å². The molecule has 0 spiro atoms. The lowest BCUT2D eigenvalue weighted by molar-refractivity contribution is 0.0474. The summed E-state index contributed by atoms with van der Waals surface area (Å²) in [6.07, 6.45) is 0. The summed E-state index contributed by atoms with van der Waals surface area (Å²) < 4.78 is 38.0. The van der Waals surface area contributed by atoms with Crippen molar-refractivity contribution in [2.45, 2.75) is 38.1 Å². The molecule has 0 unspecified atom stereocenters. The number of benzene rings is 2. The average molecular weight is 454 g/mol. The topological polar surface area (TPSA) is 98.8 Å². The fourth-order valence-electron chi connectivity index (χ4n) is 2.50. The summed E-state index contributed by atoms with van der Waals surface area (Å²) in [7, 11) is -3.96. The van der Waals surface area contributed by atoms with Crippen molar-refractivity contribution < 1.29 is 27.5 Å². The molecule has 0 aliphatic heterocycles. The minimum Gasteiger partial charge on any atom is -0.494 e. The fourth-order valence-corrected chi connectivity index (χ4v) is 4.44. The predicted octanol–water partition coefficient (Wildman–Crippen LogP) is 3.86. The third-order valence-corrected chi connectivity index (χ3v) is 5.96. The van der Waals surface area contributed by atoms with E-state index < -0.39 is 33.9 Å². The molecule has 0 saturated heterocycles. The summed E-state index contributed by atoms with van der Waals surface area (Å²) in [6, 6.07) is 10.2. The summed E-state index contributed by atoms with van der Waals surface area (Å²) in [5.41, 5.74) is -0.406. The van der Waals surface area contributed by atoms with E-state index in [4.69, 9.17) is 21.1 Å². The summed E-state index contributed by atoms with van der Waals surface area (Å²) in [6.45, 7) is 6.92. The van der Waals surface area contributed by atoms with Crippen LogP contribution in [0, 0.1) is 0 Å². The highest BCUT2D eigenvalue weighted by molar-refractivity contribution is 7.89. The van der Waals surface area contributed by atoms with E-state index in [1.165, 1.54) is 12.1 Å². The van der Waals surface area contributed by atoms with E-state index in [0.29, 0.717) is 17.9 Å². The van der Waals surface area contributed by atoms with Crippen LogP contribution >= 0.6 is 11.6 Å². The van der Waals surface area contributed by atoms with Crippen molar-refractivity contribution in [1.82, 2.24) is 4.72 Å². The molecule has 2 rings (SSSR count). The summed E-state index contributed by atoms with van der Waals surface area (Å²) in [5.74, 6) is -0.606. The fraction of sp³-hybridized carbons (Fsp3) is 0.333. The Labute approximate surface area is 181 Å². The molecule has 9 heteroatoms. The highest BCUT2D eigenvalue weighted by Crippen LogP contribution is 2.24. The first-order valence-corrected chi connectivity index (χ1v) is 11.1. The summed E-state index contributed by atoms with van der Waals surface area (Å²) in [4.78, 5) is 24.3. The molecule has 162 valence electrons. The SMILES string of the molecule is CCOc1ccc(C(=O)COC(=O)c2ccc(Cl)c(S(=O)(=O)NC(C)(C)C)c2)cc1. The van der Waals surface area contributed by atoms with E-state index in [9.17, 15) is 18.0 Å². The van der Waals surface area contributed by atoms with Crippen molar-refractivity contribution in [3.63, 3.8) is 0 Å². The van der Waals surface area contributed by atoms with Crippen LogP contribution < -0.4 is 9.46 Å². The Hall–Kier alpha value is -2.42. The second kappa shape index (κ2) is 9.59. The number of ketones is 1. The standard InChI is InChI=1S/C21H24ClNO6S/c1-5-28-16-9-6-14(7-10-16)18(24)13-29-20(25)15-8-11-17(22)19(12-15)30(26,27)23-21(2,3)4/h6-12,23H,5,13H2,1-4H3. The normalized spacial score (nSPS) is 11.8. The van der Waals surface area contributed by atoms with Crippen LogP contribution in [-0.4, -0.2) is 38.9 Å². The van der Waals surface area contributed by atoms with E-state index in [1.54, 1.807) is 45.0 Å². The lowest BCUT2D eigenvalue weighted by Crippen LogP contribution is -2.40. The average Bonchev–Trinajstić information content (AvgIpc) is 2.65. The van der Waals surface area contributed by atoms with Gasteiger partial charge in [-0.15, -0.1) is 0 Å². The molecule has 0 aromatic heterocycles. The van der Waals surface area contributed by atoms with Crippen LogP contribution in [0.3, 0.4) is 0 Å². The molecule has 0 atom stereocenters. The van der Waals surface area contributed by atoms with Gasteiger partial charge in [0.05, 0.1) is 17.2 Å². The molecule has 0 aliphatic carbocycles. The van der Waals surface area contributed by atoms with Gasteiger partial charge in [0.15, 0.2) is 12.4 Å². The molecule has 0 amide bonds. The highest BCUT2D eigenvalue weighted by Gasteiger charge is 2.25. The molecule has 7 nitrogen and oxygen atoms in total. The molecular weight excluding hydrogens is 430 g/mol. The lowest BCUT2D eigenvalue weighted by atomic mass is 10.1. The van der Waals surface area contributed by atoms with Gasteiger partial charge in [0.1, 0.15) is 10.6 Å². The number of sulfonamides is 1. The molecule has 0 fully saturated rings. The molecule has 0 bridgehead atoms. The number of Topliss-reactive ketones (excluding diaryl/α,β-unsaturated/α-hetero) is 1. The Morgan fingerprint density at radius 1 is 1.03 bits per heavy atom. The zero-order chi connectivity index (χ0) is 22.5. The van der Waals surface area contributed by atoms with Gasteiger partial charge in [0.2, 0.25) is 10.0 Å². The van der Waals surface area contributed by atoms with Crippen LogP contribution in [0.2, 0.25) is 5.02 Å². The minimum absolute atomic E-state index is 0.0336. The largest absolute Gasteiger partial charge is 0.494 e. The first kappa shape index (κ1) is 23.9. The van der Waals surface area contributed by atoms with E-state index in [-0.39, 0.29) is 15.5 Å². The first-order chi connectivity index (χ1) is 13.9. The van der Waals surface area contributed by atoms with Crippen molar-refractivity contribution in [3.8, 4) is 5.75 Å². The van der Waals surface area contributed by atoms with Crippen molar-refractivity contribution in [3.05, 3.63) is 58.6 Å². The summed E-state index contributed by atoms with van der Waals surface area (Å²) in [5, 5.41) is -0.0336. The smallest absolute Gasteiger partial charge is 0.338 e. The number of esters is 1. The van der Waals surface area contributed by atoms with Gasteiger partial charge in [-0.05, 0) is 70.2 Å². The minimum atomic E-state index is -3.96. The molecule has 1 N–H and O–H groups in total. The van der Waals surface area contributed by atoms with Gasteiger partial charge in [0, 0.05) is 11.1 Å². The number of rotatable bonds is 8. The van der Waals surface area contributed by atoms with Crippen LogP contribution in [-0.2, 0) is 14.8 Å². The van der Waals surface area contributed by atoms with Crippen molar-refractivity contribution in [2.24, 2.45) is 0 Å². The van der Waals surface area contributed by atoms with Crippen molar-refractivity contribution in [2.75, 3.05) is 13.2 Å². The zero-order valence-electron chi connectivity index (χ0n) is 17.2. The third kappa shape index (κ3) is 6.55. The number of hydrogen-bond acceptors (Lipinski definition) is 6. The maximum Gasteiger partial charge on any atom is 0.338 e. The van der Waals surface area contributed by atoms with E-state index in [1.807, 2.05) is 6.92 Å². The molecule has 0 heterocycles. The molecule has 2 aromatic carbocycles. The number of halogens is 1. The number of ether oxygens (including phenoxy) is 2. The Balaban J connectivity index is 2.11. The number of carbonyl (C=O) groups excluding carboxylic acids is 2. The molecule has 30 heavy (non-hydrogen) atoms. The second-order valence-electron chi connectivity index (χ2n) is 7.46. The van der Waals surface area contributed by atoms with E-state index in [0.717, 1.165) is 6.07 Å². The molecule has 0 aliphatic rings. The number of carbonyl (C=O) groups is 2. The third-order valence-electron chi connectivity index (χ3n) is 3.72.